The van der Waals surface area contributed by atoms with Gasteiger partial charge in [0.1, 0.15) is 0 Å². The topological polar surface area (TPSA) is 9.23 Å². The Morgan fingerprint density at radius 3 is 2.27 bits per heavy atom. The lowest BCUT2D eigenvalue weighted by Crippen LogP contribution is -2.22. The van der Waals surface area contributed by atoms with Crippen LogP contribution in [-0.4, -0.2) is 8.32 Å². The van der Waals surface area contributed by atoms with Crippen LogP contribution in [0.5, 0.6) is 0 Å². The van der Waals surface area contributed by atoms with E-state index in [1.807, 2.05) is 12.3 Å². The molecular formula is C9H18OSi. The highest BCUT2D eigenvalue weighted by Crippen LogP contribution is 2.07. The van der Waals surface area contributed by atoms with Crippen molar-refractivity contribution < 1.29 is 4.43 Å². The molecule has 0 atom stereocenters. The third kappa shape index (κ3) is 5.92. The van der Waals surface area contributed by atoms with E-state index in [0.717, 1.165) is 6.42 Å². The zero-order valence-electron chi connectivity index (χ0n) is 7.98. The smallest absolute Gasteiger partial charge is 0.241 e. The van der Waals surface area contributed by atoms with Crippen molar-refractivity contribution >= 4 is 8.32 Å². The van der Waals surface area contributed by atoms with Crippen LogP contribution in [-0.2, 0) is 4.43 Å². The molecule has 0 aromatic carbocycles. The number of hydrogen-bond acceptors (Lipinski definition) is 1. The van der Waals surface area contributed by atoms with Crippen LogP contribution in [0, 0.1) is 0 Å². The summed E-state index contributed by atoms with van der Waals surface area (Å²) < 4.78 is 5.58. The Morgan fingerprint density at radius 1 is 1.45 bits per heavy atom. The molecule has 0 fully saturated rings. The minimum atomic E-state index is -1.38. The molecule has 2 heteroatoms. The fraction of sp³-hybridized carbons (Fsp3) is 0.556. The summed E-state index contributed by atoms with van der Waals surface area (Å²) in [6, 6.07) is 0. The van der Waals surface area contributed by atoms with E-state index in [0.29, 0.717) is 0 Å². The molecule has 0 radical (unpaired) electrons. The van der Waals surface area contributed by atoms with Crippen LogP contribution in [0.2, 0.25) is 19.6 Å². The van der Waals surface area contributed by atoms with Gasteiger partial charge in [-0.3, -0.25) is 0 Å². The summed E-state index contributed by atoms with van der Waals surface area (Å²) in [6.07, 6.45) is 4.69. The fourth-order valence-electron chi connectivity index (χ4n) is 0.528. The quantitative estimate of drug-likeness (QED) is 0.357. The van der Waals surface area contributed by atoms with Crippen molar-refractivity contribution in [3.63, 3.8) is 0 Å². The predicted molar refractivity (Wildman–Crippen MR) is 53.0 cm³/mol. The van der Waals surface area contributed by atoms with Gasteiger partial charge in [-0.1, -0.05) is 19.6 Å². The second kappa shape index (κ2) is 4.39. The first kappa shape index (κ1) is 10.5. The molecule has 0 aliphatic heterocycles. The number of rotatable bonds is 4. The zero-order chi connectivity index (χ0) is 8.91. The molecular weight excluding hydrogens is 152 g/mol. The minimum Gasteiger partial charge on any atom is -0.549 e. The van der Waals surface area contributed by atoms with Crippen LogP contribution >= 0.6 is 0 Å². The van der Waals surface area contributed by atoms with Gasteiger partial charge in [0.05, 0.1) is 6.26 Å². The van der Waals surface area contributed by atoms with Crippen LogP contribution in [0.15, 0.2) is 24.5 Å². The number of hydrogen-bond donors (Lipinski definition) is 0. The molecule has 0 aromatic heterocycles. The number of allylic oxidation sites excluding steroid dienone is 2. The Bertz CT molecular complexity index is 153. The van der Waals surface area contributed by atoms with Crippen molar-refractivity contribution in [3.05, 3.63) is 24.5 Å². The van der Waals surface area contributed by atoms with E-state index in [4.69, 9.17) is 4.43 Å². The van der Waals surface area contributed by atoms with Gasteiger partial charge in [-0.2, -0.15) is 0 Å². The van der Waals surface area contributed by atoms with Crippen LogP contribution in [0.3, 0.4) is 0 Å². The second-order valence-corrected chi connectivity index (χ2v) is 7.94. The molecule has 0 saturated carbocycles. The SMILES string of the molecule is C=CC(=CO[Si](C)(C)C)CC. The molecule has 0 spiro atoms. The molecule has 11 heavy (non-hydrogen) atoms. The fourth-order valence-corrected chi connectivity index (χ4v) is 1.03. The zero-order valence-corrected chi connectivity index (χ0v) is 8.98. The Balaban J connectivity index is 3.99. The molecule has 0 N–H and O–H groups in total. The lowest BCUT2D eigenvalue weighted by molar-refractivity contribution is 0.474. The van der Waals surface area contributed by atoms with Gasteiger partial charge < -0.3 is 4.43 Å². The summed E-state index contributed by atoms with van der Waals surface area (Å²) in [4.78, 5) is 0. The highest BCUT2D eigenvalue weighted by molar-refractivity contribution is 6.69. The average molecular weight is 170 g/mol. The molecule has 0 heterocycles. The molecule has 1 nitrogen and oxygen atoms in total. The summed E-state index contributed by atoms with van der Waals surface area (Å²) in [5.41, 5.74) is 1.17. The summed E-state index contributed by atoms with van der Waals surface area (Å²) >= 11 is 0. The maximum absolute atomic E-state index is 5.58. The summed E-state index contributed by atoms with van der Waals surface area (Å²) in [5.74, 6) is 0. The van der Waals surface area contributed by atoms with Gasteiger partial charge in [0.2, 0.25) is 8.32 Å². The van der Waals surface area contributed by atoms with Crippen molar-refractivity contribution in [2.75, 3.05) is 0 Å². The van der Waals surface area contributed by atoms with Crippen LogP contribution in [0.1, 0.15) is 13.3 Å². The Kier molecular flexibility index (Phi) is 4.19. The van der Waals surface area contributed by atoms with Gasteiger partial charge in [-0.05, 0) is 31.6 Å². The monoisotopic (exact) mass is 170 g/mol. The highest BCUT2D eigenvalue weighted by Gasteiger charge is 2.13. The van der Waals surface area contributed by atoms with Gasteiger partial charge in [-0.25, -0.2) is 0 Å². The third-order valence-corrected chi connectivity index (χ3v) is 2.06. The minimum absolute atomic E-state index is 0.994. The van der Waals surface area contributed by atoms with Gasteiger partial charge in [0.25, 0.3) is 0 Å². The van der Waals surface area contributed by atoms with Crippen LogP contribution < -0.4 is 0 Å². The van der Waals surface area contributed by atoms with E-state index < -0.39 is 8.32 Å². The molecule has 0 aliphatic carbocycles. The average Bonchev–Trinajstić information content (AvgIpc) is 1.88. The molecule has 0 bridgehead atoms. The van der Waals surface area contributed by atoms with Crippen molar-refractivity contribution in [1.82, 2.24) is 0 Å². The van der Waals surface area contributed by atoms with Gasteiger partial charge in [-0.15, -0.1) is 0 Å². The summed E-state index contributed by atoms with van der Waals surface area (Å²) in [5, 5.41) is 0. The molecule has 64 valence electrons. The molecule has 0 saturated heterocycles. The first-order chi connectivity index (χ1) is 4.99. The van der Waals surface area contributed by atoms with E-state index in [1.165, 1.54) is 5.57 Å². The van der Waals surface area contributed by atoms with E-state index in [9.17, 15) is 0 Å². The largest absolute Gasteiger partial charge is 0.549 e. The third-order valence-electron chi connectivity index (χ3n) is 1.23. The lowest BCUT2D eigenvalue weighted by atomic mass is 10.2. The van der Waals surface area contributed by atoms with Gasteiger partial charge >= 0.3 is 0 Å². The molecule has 0 unspecified atom stereocenters. The predicted octanol–water partition coefficient (Wildman–Crippen LogP) is 3.32. The first-order valence-electron chi connectivity index (χ1n) is 3.99. The van der Waals surface area contributed by atoms with Crippen LogP contribution in [0.25, 0.3) is 0 Å². The second-order valence-electron chi connectivity index (χ2n) is 3.48. The molecule has 0 rings (SSSR count). The lowest BCUT2D eigenvalue weighted by Gasteiger charge is -2.15. The van der Waals surface area contributed by atoms with Crippen molar-refractivity contribution in [2.45, 2.75) is 33.0 Å². The standard InChI is InChI=1S/C9H18OSi/c1-6-9(7-2)8-10-11(3,4)5/h6,8H,1,7H2,2-5H3. The molecule has 0 aliphatic rings. The highest BCUT2D eigenvalue weighted by atomic mass is 28.4. The van der Waals surface area contributed by atoms with Crippen molar-refractivity contribution in [1.29, 1.82) is 0 Å². The van der Waals surface area contributed by atoms with E-state index in [2.05, 4.69) is 33.1 Å². The van der Waals surface area contributed by atoms with Gasteiger partial charge in [0, 0.05) is 0 Å². The Hall–Kier alpha value is -0.503. The molecule has 0 amide bonds. The first-order valence-corrected chi connectivity index (χ1v) is 7.39. The Labute approximate surface area is 70.9 Å². The van der Waals surface area contributed by atoms with Gasteiger partial charge in [0.15, 0.2) is 0 Å². The Morgan fingerprint density at radius 2 is 2.00 bits per heavy atom. The van der Waals surface area contributed by atoms with E-state index in [1.54, 1.807) is 0 Å². The van der Waals surface area contributed by atoms with Crippen molar-refractivity contribution in [3.8, 4) is 0 Å². The summed E-state index contributed by atoms with van der Waals surface area (Å²) in [6.45, 7) is 12.3. The summed E-state index contributed by atoms with van der Waals surface area (Å²) in [7, 11) is -1.38. The van der Waals surface area contributed by atoms with Crippen molar-refractivity contribution in [2.24, 2.45) is 0 Å². The molecule has 0 aromatic rings. The maximum atomic E-state index is 5.58. The normalized spacial score (nSPS) is 12.9. The van der Waals surface area contributed by atoms with E-state index >= 15 is 0 Å². The van der Waals surface area contributed by atoms with Crippen LogP contribution in [0.4, 0.5) is 0 Å². The van der Waals surface area contributed by atoms with E-state index in [-0.39, 0.29) is 0 Å². The maximum Gasteiger partial charge on any atom is 0.241 e.